The van der Waals surface area contributed by atoms with Gasteiger partial charge in [0.25, 0.3) is 0 Å². The molecule has 1 nitrogen and oxygen atoms in total. The van der Waals surface area contributed by atoms with Gasteiger partial charge in [-0.3, -0.25) is 0 Å². The molecule has 0 aliphatic heterocycles. The SMILES string of the molecule is c1ccc(-c2ccc(-c3ccc(C(c4cccc(-c5cc6c7ccccc7oc6c6ccccc56)c4)c4cccc5ccccc45)cc3)cc2)cc1. The summed E-state index contributed by atoms with van der Waals surface area (Å²) >= 11 is 0. The number of furan rings is 1. The molecule has 10 aromatic rings. The van der Waals surface area contributed by atoms with Crippen LogP contribution in [-0.4, -0.2) is 0 Å². The first-order valence-corrected chi connectivity index (χ1v) is 18.0. The number of rotatable bonds is 6. The Morgan fingerprint density at radius 2 is 0.885 bits per heavy atom. The molecule has 1 heteroatoms. The van der Waals surface area contributed by atoms with E-state index in [2.05, 4.69) is 194 Å². The van der Waals surface area contributed by atoms with Gasteiger partial charge in [-0.1, -0.05) is 188 Å². The number of hydrogen-bond donors (Lipinski definition) is 0. The highest BCUT2D eigenvalue weighted by Gasteiger charge is 2.21. The van der Waals surface area contributed by atoms with Gasteiger partial charge < -0.3 is 4.42 Å². The zero-order valence-electron chi connectivity index (χ0n) is 28.5. The first kappa shape index (κ1) is 30.2. The van der Waals surface area contributed by atoms with Crippen LogP contribution in [0.15, 0.2) is 205 Å². The van der Waals surface area contributed by atoms with E-state index in [-0.39, 0.29) is 5.92 Å². The summed E-state index contributed by atoms with van der Waals surface area (Å²) in [5.41, 5.74) is 13.0. The minimum atomic E-state index is 0.0327. The van der Waals surface area contributed by atoms with Gasteiger partial charge >= 0.3 is 0 Å². The van der Waals surface area contributed by atoms with Crippen LogP contribution in [0.4, 0.5) is 0 Å². The van der Waals surface area contributed by atoms with Gasteiger partial charge in [0.2, 0.25) is 0 Å². The quantitative estimate of drug-likeness (QED) is 0.162. The third-order valence-corrected chi connectivity index (χ3v) is 10.6. The Kier molecular flexibility index (Phi) is 7.29. The van der Waals surface area contributed by atoms with Gasteiger partial charge in [-0.2, -0.15) is 0 Å². The zero-order valence-corrected chi connectivity index (χ0v) is 28.5. The highest BCUT2D eigenvalue weighted by Crippen LogP contribution is 2.42. The molecule has 10 rings (SSSR count). The lowest BCUT2D eigenvalue weighted by atomic mass is 9.81. The summed E-state index contributed by atoms with van der Waals surface area (Å²) in [6, 6.07) is 72.6. The second-order valence-corrected chi connectivity index (χ2v) is 13.6. The van der Waals surface area contributed by atoms with Crippen LogP contribution >= 0.6 is 0 Å². The van der Waals surface area contributed by atoms with Gasteiger partial charge in [0, 0.05) is 22.1 Å². The van der Waals surface area contributed by atoms with Gasteiger partial charge in [-0.25, -0.2) is 0 Å². The van der Waals surface area contributed by atoms with E-state index in [0.29, 0.717) is 0 Å². The zero-order chi connectivity index (χ0) is 34.4. The molecule has 0 saturated heterocycles. The van der Waals surface area contributed by atoms with Crippen LogP contribution in [0.3, 0.4) is 0 Å². The molecule has 0 bridgehead atoms. The van der Waals surface area contributed by atoms with Crippen LogP contribution in [-0.2, 0) is 0 Å². The standard InChI is InChI=1S/C51H34O/c1-2-12-34(13-3-1)35-24-26-36(27-25-35)37-28-30-39(31-29-37)50(45-22-11-15-38-14-4-5-18-42(38)45)41-17-10-16-40(32-41)47-33-48-44-20-8-9-23-49(44)52-51(48)46-21-7-6-19-43(46)47/h1-33,50H. The Labute approximate surface area is 303 Å². The molecule has 1 atom stereocenters. The van der Waals surface area contributed by atoms with Crippen molar-refractivity contribution >= 4 is 43.5 Å². The van der Waals surface area contributed by atoms with E-state index in [1.807, 2.05) is 6.07 Å². The van der Waals surface area contributed by atoms with Crippen molar-refractivity contribution < 1.29 is 4.42 Å². The number of benzene rings is 9. The van der Waals surface area contributed by atoms with Crippen LogP contribution in [0.25, 0.3) is 76.9 Å². The van der Waals surface area contributed by atoms with Crippen LogP contribution in [0, 0.1) is 0 Å². The summed E-state index contributed by atoms with van der Waals surface area (Å²) in [5.74, 6) is 0.0327. The van der Waals surface area contributed by atoms with Crippen molar-refractivity contribution in [3.05, 3.63) is 217 Å². The molecular weight excluding hydrogens is 629 g/mol. The Hall–Kier alpha value is -6.70. The van der Waals surface area contributed by atoms with Crippen molar-refractivity contribution in [3.8, 4) is 33.4 Å². The normalized spacial score (nSPS) is 12.2. The summed E-state index contributed by atoms with van der Waals surface area (Å²) < 4.78 is 6.44. The van der Waals surface area contributed by atoms with E-state index in [9.17, 15) is 0 Å². The van der Waals surface area contributed by atoms with E-state index in [1.54, 1.807) is 0 Å². The maximum Gasteiger partial charge on any atom is 0.143 e. The molecule has 0 N–H and O–H groups in total. The van der Waals surface area contributed by atoms with Gasteiger partial charge in [0.1, 0.15) is 11.2 Å². The van der Waals surface area contributed by atoms with Crippen molar-refractivity contribution in [2.75, 3.05) is 0 Å². The molecule has 0 spiro atoms. The highest BCUT2D eigenvalue weighted by atomic mass is 16.3. The van der Waals surface area contributed by atoms with Crippen molar-refractivity contribution in [2.24, 2.45) is 0 Å². The fourth-order valence-electron chi connectivity index (χ4n) is 8.08. The molecule has 0 saturated carbocycles. The van der Waals surface area contributed by atoms with Gasteiger partial charge in [0.05, 0.1) is 0 Å². The van der Waals surface area contributed by atoms with Crippen molar-refractivity contribution in [3.63, 3.8) is 0 Å². The summed E-state index contributed by atoms with van der Waals surface area (Å²) in [7, 11) is 0. The van der Waals surface area contributed by atoms with Crippen LogP contribution in [0.2, 0.25) is 0 Å². The predicted molar refractivity (Wildman–Crippen MR) is 219 cm³/mol. The minimum absolute atomic E-state index is 0.0327. The number of fused-ring (bicyclic) bond motifs is 6. The molecule has 1 aromatic heterocycles. The summed E-state index contributed by atoms with van der Waals surface area (Å²) in [5, 5.41) is 7.14. The average Bonchev–Trinajstić information content (AvgIpc) is 3.60. The number of hydrogen-bond acceptors (Lipinski definition) is 1. The minimum Gasteiger partial charge on any atom is -0.455 e. The average molecular weight is 663 g/mol. The predicted octanol–water partition coefficient (Wildman–Crippen LogP) is 14.1. The van der Waals surface area contributed by atoms with E-state index < -0.39 is 0 Å². The summed E-state index contributed by atoms with van der Waals surface area (Å²) in [4.78, 5) is 0. The molecule has 0 aliphatic rings. The highest BCUT2D eigenvalue weighted by molar-refractivity contribution is 6.19. The molecule has 0 fully saturated rings. The van der Waals surface area contributed by atoms with Crippen LogP contribution < -0.4 is 0 Å². The molecule has 9 aromatic carbocycles. The summed E-state index contributed by atoms with van der Waals surface area (Å²) in [6.07, 6.45) is 0. The lowest BCUT2D eigenvalue weighted by Gasteiger charge is -2.22. The first-order chi connectivity index (χ1) is 25.8. The van der Waals surface area contributed by atoms with Gasteiger partial charge in [0.15, 0.2) is 0 Å². The molecule has 0 radical (unpaired) electrons. The summed E-state index contributed by atoms with van der Waals surface area (Å²) in [6.45, 7) is 0. The Morgan fingerprint density at radius 1 is 0.327 bits per heavy atom. The maximum atomic E-state index is 6.44. The van der Waals surface area contributed by atoms with Crippen molar-refractivity contribution in [1.29, 1.82) is 0 Å². The Balaban J connectivity index is 1.11. The second-order valence-electron chi connectivity index (χ2n) is 13.6. The molecule has 52 heavy (non-hydrogen) atoms. The van der Waals surface area contributed by atoms with Crippen molar-refractivity contribution in [2.45, 2.75) is 5.92 Å². The molecule has 0 amide bonds. The smallest absolute Gasteiger partial charge is 0.143 e. The fraction of sp³-hybridized carbons (Fsp3) is 0.0196. The van der Waals surface area contributed by atoms with E-state index >= 15 is 0 Å². The maximum absolute atomic E-state index is 6.44. The largest absolute Gasteiger partial charge is 0.455 e. The lowest BCUT2D eigenvalue weighted by molar-refractivity contribution is 0.672. The van der Waals surface area contributed by atoms with Gasteiger partial charge in [-0.05, 0) is 78.4 Å². The third kappa shape index (κ3) is 5.18. The number of para-hydroxylation sites is 1. The van der Waals surface area contributed by atoms with E-state index in [4.69, 9.17) is 4.42 Å². The second kappa shape index (κ2) is 12.6. The topological polar surface area (TPSA) is 13.1 Å². The fourth-order valence-corrected chi connectivity index (χ4v) is 8.08. The van der Waals surface area contributed by atoms with E-state index in [1.165, 1.54) is 66.2 Å². The van der Waals surface area contributed by atoms with Gasteiger partial charge in [-0.15, -0.1) is 0 Å². The van der Waals surface area contributed by atoms with E-state index in [0.717, 1.165) is 27.3 Å². The Bertz CT molecular complexity index is 2870. The Morgan fingerprint density at radius 3 is 1.65 bits per heavy atom. The first-order valence-electron chi connectivity index (χ1n) is 18.0. The van der Waals surface area contributed by atoms with Crippen LogP contribution in [0.5, 0.6) is 0 Å². The monoisotopic (exact) mass is 662 g/mol. The third-order valence-electron chi connectivity index (χ3n) is 10.6. The molecule has 1 unspecified atom stereocenters. The molecular formula is C51H34O. The molecule has 0 aliphatic carbocycles. The molecule has 1 heterocycles. The molecule has 244 valence electrons. The van der Waals surface area contributed by atoms with Crippen LogP contribution in [0.1, 0.15) is 22.6 Å². The van der Waals surface area contributed by atoms with Crippen molar-refractivity contribution in [1.82, 2.24) is 0 Å². The lowest BCUT2D eigenvalue weighted by Crippen LogP contribution is -2.04.